The predicted molar refractivity (Wildman–Crippen MR) is 78.3 cm³/mol. The zero-order chi connectivity index (χ0) is 13.8. The van der Waals surface area contributed by atoms with E-state index in [-0.39, 0.29) is 12.5 Å². The van der Waals surface area contributed by atoms with Gasteiger partial charge in [0.25, 0.3) is 5.91 Å². The van der Waals surface area contributed by atoms with Crippen LogP contribution in [-0.4, -0.2) is 18.2 Å². The Morgan fingerprint density at radius 3 is 2.89 bits per heavy atom. The standard InChI is InChI=1S/C14H17BrN2O2/c1-9-7-12(15)5-6-13(9)19-8-14(18)17-16-10(2)11-3-4-11/h5-7,11H,3-4,8H2,1-2H3,(H,17,18)/b16-10+. The van der Waals surface area contributed by atoms with Crippen molar-refractivity contribution in [1.29, 1.82) is 0 Å². The van der Waals surface area contributed by atoms with Crippen molar-refractivity contribution >= 4 is 27.5 Å². The summed E-state index contributed by atoms with van der Waals surface area (Å²) in [5.74, 6) is 1.04. The van der Waals surface area contributed by atoms with Crippen LogP contribution in [0.5, 0.6) is 5.75 Å². The average Bonchev–Trinajstić information content (AvgIpc) is 3.19. The molecule has 1 aliphatic rings. The van der Waals surface area contributed by atoms with E-state index in [1.165, 1.54) is 12.8 Å². The SMILES string of the molecule is C/C(=N\NC(=O)COc1ccc(Br)cc1C)C1CC1. The smallest absolute Gasteiger partial charge is 0.277 e. The minimum Gasteiger partial charge on any atom is -0.483 e. The van der Waals surface area contributed by atoms with E-state index in [0.29, 0.717) is 11.7 Å². The molecule has 1 N–H and O–H groups in total. The first kappa shape index (κ1) is 14.1. The molecule has 1 aromatic carbocycles. The molecule has 0 aromatic heterocycles. The van der Waals surface area contributed by atoms with Crippen LogP contribution in [-0.2, 0) is 4.79 Å². The molecule has 1 saturated carbocycles. The van der Waals surface area contributed by atoms with Gasteiger partial charge in [0.1, 0.15) is 5.75 Å². The lowest BCUT2D eigenvalue weighted by molar-refractivity contribution is -0.123. The highest BCUT2D eigenvalue weighted by molar-refractivity contribution is 9.10. The lowest BCUT2D eigenvalue weighted by Crippen LogP contribution is -2.25. The van der Waals surface area contributed by atoms with Gasteiger partial charge in [-0.15, -0.1) is 0 Å². The van der Waals surface area contributed by atoms with Crippen LogP contribution >= 0.6 is 15.9 Å². The third-order valence-electron chi connectivity index (χ3n) is 3.02. The fourth-order valence-electron chi connectivity index (χ4n) is 1.69. The summed E-state index contributed by atoms with van der Waals surface area (Å²) < 4.78 is 6.45. The van der Waals surface area contributed by atoms with E-state index < -0.39 is 0 Å². The zero-order valence-electron chi connectivity index (χ0n) is 11.1. The molecule has 19 heavy (non-hydrogen) atoms. The van der Waals surface area contributed by atoms with E-state index >= 15 is 0 Å². The molecule has 5 heteroatoms. The van der Waals surface area contributed by atoms with Crippen molar-refractivity contribution in [3.8, 4) is 5.75 Å². The van der Waals surface area contributed by atoms with E-state index in [0.717, 1.165) is 15.7 Å². The number of carbonyl (C=O) groups is 1. The topological polar surface area (TPSA) is 50.7 Å². The number of ether oxygens (including phenoxy) is 1. The number of amides is 1. The van der Waals surface area contributed by atoms with E-state index in [2.05, 4.69) is 26.5 Å². The Morgan fingerprint density at radius 1 is 1.53 bits per heavy atom. The quantitative estimate of drug-likeness (QED) is 0.668. The van der Waals surface area contributed by atoms with Crippen molar-refractivity contribution in [2.45, 2.75) is 26.7 Å². The number of rotatable bonds is 5. The van der Waals surface area contributed by atoms with Gasteiger partial charge in [0.2, 0.25) is 0 Å². The molecule has 0 spiro atoms. The number of nitrogens with zero attached hydrogens (tertiary/aromatic N) is 1. The summed E-state index contributed by atoms with van der Waals surface area (Å²) in [6.07, 6.45) is 2.36. The van der Waals surface area contributed by atoms with E-state index in [1.807, 2.05) is 32.0 Å². The summed E-state index contributed by atoms with van der Waals surface area (Å²) in [5, 5.41) is 4.06. The van der Waals surface area contributed by atoms with Gasteiger partial charge in [0, 0.05) is 10.2 Å². The second kappa shape index (κ2) is 6.19. The molecular weight excluding hydrogens is 308 g/mol. The number of carbonyl (C=O) groups excluding carboxylic acids is 1. The first-order valence-corrected chi connectivity index (χ1v) is 7.07. The molecule has 0 heterocycles. The summed E-state index contributed by atoms with van der Waals surface area (Å²) >= 11 is 3.38. The molecule has 0 atom stereocenters. The van der Waals surface area contributed by atoms with Crippen LogP contribution in [0.25, 0.3) is 0 Å². The molecule has 1 aliphatic carbocycles. The highest BCUT2D eigenvalue weighted by Gasteiger charge is 2.24. The Labute approximate surface area is 121 Å². The molecule has 0 radical (unpaired) electrons. The van der Waals surface area contributed by atoms with Crippen LogP contribution in [0.1, 0.15) is 25.3 Å². The molecule has 0 unspecified atom stereocenters. The minimum atomic E-state index is -0.234. The van der Waals surface area contributed by atoms with E-state index in [4.69, 9.17) is 4.74 Å². The number of aryl methyl sites for hydroxylation is 1. The van der Waals surface area contributed by atoms with Crippen molar-refractivity contribution < 1.29 is 9.53 Å². The summed E-state index contributed by atoms with van der Waals surface area (Å²) in [7, 11) is 0. The monoisotopic (exact) mass is 324 g/mol. The largest absolute Gasteiger partial charge is 0.483 e. The number of hydrogen-bond donors (Lipinski definition) is 1. The maximum Gasteiger partial charge on any atom is 0.277 e. The van der Waals surface area contributed by atoms with Gasteiger partial charge in [-0.25, -0.2) is 5.43 Å². The van der Waals surface area contributed by atoms with E-state index in [1.54, 1.807) is 0 Å². The number of nitrogens with one attached hydrogen (secondary N) is 1. The number of hydrazone groups is 1. The number of benzene rings is 1. The first-order chi connectivity index (χ1) is 9.06. The summed E-state index contributed by atoms with van der Waals surface area (Å²) in [6.45, 7) is 3.86. The first-order valence-electron chi connectivity index (χ1n) is 6.28. The maximum absolute atomic E-state index is 11.6. The molecule has 102 valence electrons. The van der Waals surface area contributed by atoms with Crippen LogP contribution in [0.3, 0.4) is 0 Å². The van der Waals surface area contributed by atoms with Crippen LogP contribution in [0.15, 0.2) is 27.8 Å². The molecule has 1 amide bonds. The second-order valence-corrected chi connectivity index (χ2v) is 5.68. The Kier molecular flexibility index (Phi) is 4.58. The van der Waals surface area contributed by atoms with Crippen molar-refractivity contribution in [2.75, 3.05) is 6.61 Å². The van der Waals surface area contributed by atoms with Gasteiger partial charge < -0.3 is 4.74 Å². The Balaban J connectivity index is 1.81. The average molecular weight is 325 g/mol. The van der Waals surface area contributed by atoms with Crippen LogP contribution in [0.2, 0.25) is 0 Å². The zero-order valence-corrected chi connectivity index (χ0v) is 12.7. The van der Waals surface area contributed by atoms with Crippen LogP contribution in [0.4, 0.5) is 0 Å². The summed E-state index contributed by atoms with van der Waals surface area (Å²) in [4.78, 5) is 11.6. The molecule has 0 saturated heterocycles. The van der Waals surface area contributed by atoms with Crippen molar-refractivity contribution in [2.24, 2.45) is 11.0 Å². The Hall–Kier alpha value is -1.36. The van der Waals surface area contributed by atoms with Crippen molar-refractivity contribution in [1.82, 2.24) is 5.43 Å². The third-order valence-corrected chi connectivity index (χ3v) is 3.51. The van der Waals surface area contributed by atoms with Gasteiger partial charge in [-0.05, 0) is 56.4 Å². The molecule has 1 aromatic rings. The fraction of sp³-hybridized carbons (Fsp3) is 0.429. The third kappa shape index (κ3) is 4.35. The van der Waals surface area contributed by atoms with E-state index in [9.17, 15) is 4.79 Å². The van der Waals surface area contributed by atoms with Gasteiger partial charge in [0.05, 0.1) is 0 Å². The van der Waals surface area contributed by atoms with Crippen LogP contribution < -0.4 is 10.2 Å². The van der Waals surface area contributed by atoms with Crippen molar-refractivity contribution in [3.63, 3.8) is 0 Å². The molecular formula is C14H17BrN2O2. The van der Waals surface area contributed by atoms with Gasteiger partial charge >= 0.3 is 0 Å². The molecule has 2 rings (SSSR count). The Morgan fingerprint density at radius 2 is 2.26 bits per heavy atom. The van der Waals surface area contributed by atoms with Gasteiger partial charge in [0.15, 0.2) is 6.61 Å². The number of hydrogen-bond acceptors (Lipinski definition) is 3. The highest BCUT2D eigenvalue weighted by atomic mass is 79.9. The van der Waals surface area contributed by atoms with Gasteiger partial charge in [-0.2, -0.15) is 5.10 Å². The lowest BCUT2D eigenvalue weighted by Gasteiger charge is -2.08. The molecule has 1 fully saturated rings. The summed E-state index contributed by atoms with van der Waals surface area (Å²) in [6, 6.07) is 5.67. The highest BCUT2D eigenvalue weighted by Crippen LogP contribution is 2.30. The van der Waals surface area contributed by atoms with Gasteiger partial charge in [-0.1, -0.05) is 15.9 Å². The minimum absolute atomic E-state index is 0.0239. The summed E-state index contributed by atoms with van der Waals surface area (Å²) in [5.41, 5.74) is 4.50. The molecule has 0 bridgehead atoms. The molecule has 4 nitrogen and oxygen atoms in total. The maximum atomic E-state index is 11.6. The number of halogens is 1. The van der Waals surface area contributed by atoms with Crippen molar-refractivity contribution in [3.05, 3.63) is 28.2 Å². The normalized spacial score (nSPS) is 15.2. The fourth-order valence-corrected chi connectivity index (χ4v) is 2.17. The lowest BCUT2D eigenvalue weighted by atomic mass is 10.2. The second-order valence-electron chi connectivity index (χ2n) is 4.76. The Bertz CT molecular complexity index is 510. The van der Waals surface area contributed by atoms with Crippen LogP contribution in [0, 0.1) is 12.8 Å². The van der Waals surface area contributed by atoms with Gasteiger partial charge in [-0.3, -0.25) is 4.79 Å². The molecule has 0 aliphatic heterocycles. The predicted octanol–water partition coefficient (Wildman–Crippen LogP) is 3.04.